The lowest BCUT2D eigenvalue weighted by Gasteiger charge is -2.22. The number of carbonyl (C=O) groups excluding carboxylic acids is 1. The molecule has 18 heavy (non-hydrogen) atoms. The van der Waals surface area contributed by atoms with Crippen molar-refractivity contribution < 1.29 is 9.21 Å². The summed E-state index contributed by atoms with van der Waals surface area (Å²) in [6.07, 6.45) is 6.10. The fraction of sp³-hybridized carbons (Fsp3) is 0.364. The van der Waals surface area contributed by atoms with Crippen molar-refractivity contribution in [2.75, 3.05) is 5.32 Å². The van der Waals surface area contributed by atoms with Crippen molar-refractivity contribution in [3.05, 3.63) is 29.9 Å². The minimum atomic E-state index is -0.236. The summed E-state index contributed by atoms with van der Waals surface area (Å²) < 4.78 is 9.07. The Labute approximate surface area is 108 Å². The van der Waals surface area contributed by atoms with Crippen LogP contribution in [0.3, 0.4) is 0 Å². The van der Waals surface area contributed by atoms with Crippen LogP contribution in [-0.4, -0.2) is 15.6 Å². The molecule has 2 aromatic rings. The van der Waals surface area contributed by atoms with E-state index in [9.17, 15) is 4.79 Å². The number of aromatic nitrogens is 2. The Bertz CT molecular complexity index is 537. The number of carbonyl (C=O) groups is 1. The first-order valence-electron chi connectivity index (χ1n) is 5.74. The molecule has 94 valence electrons. The van der Waals surface area contributed by atoms with Crippen molar-refractivity contribution in [2.24, 2.45) is 0 Å². The summed E-state index contributed by atoms with van der Waals surface area (Å²) in [5.41, 5.74) is 1.08. The smallest absolute Gasteiger partial charge is 0.320 e. The van der Waals surface area contributed by atoms with Gasteiger partial charge in [-0.2, -0.15) is 0 Å². The number of rotatable bonds is 2. The molecule has 0 bridgehead atoms. The maximum absolute atomic E-state index is 11.8. The Kier molecular flexibility index (Phi) is 2.97. The lowest BCUT2D eigenvalue weighted by Crippen LogP contribution is -2.33. The van der Waals surface area contributed by atoms with Gasteiger partial charge in [-0.05, 0) is 18.9 Å². The summed E-state index contributed by atoms with van der Waals surface area (Å²) in [7, 11) is 0. The Balaban J connectivity index is 1.66. The van der Waals surface area contributed by atoms with Crippen LogP contribution in [0.15, 0.2) is 22.9 Å². The van der Waals surface area contributed by atoms with E-state index in [0.717, 1.165) is 42.1 Å². The third kappa shape index (κ3) is 2.21. The van der Waals surface area contributed by atoms with E-state index >= 15 is 0 Å². The topological polar surface area (TPSA) is 80.0 Å². The molecule has 6 nitrogen and oxygen atoms in total. The van der Waals surface area contributed by atoms with Gasteiger partial charge in [0.25, 0.3) is 0 Å². The third-order valence-electron chi connectivity index (χ3n) is 2.96. The molecule has 2 heterocycles. The van der Waals surface area contributed by atoms with E-state index in [-0.39, 0.29) is 12.1 Å². The maximum Gasteiger partial charge on any atom is 0.320 e. The standard InChI is InChI=1S/C11H12N4O2S/c16-11(14-10-6-12-15-18-10)13-8-2-1-3-9-7(8)4-5-17-9/h4-6,8H,1-3H2,(H2,13,14,16). The molecule has 0 saturated carbocycles. The zero-order valence-corrected chi connectivity index (χ0v) is 10.4. The lowest BCUT2D eigenvalue weighted by atomic mass is 9.93. The highest BCUT2D eigenvalue weighted by Crippen LogP contribution is 2.30. The maximum atomic E-state index is 11.8. The van der Waals surface area contributed by atoms with E-state index in [0.29, 0.717) is 5.00 Å². The molecular weight excluding hydrogens is 252 g/mol. The van der Waals surface area contributed by atoms with Crippen molar-refractivity contribution in [3.63, 3.8) is 0 Å². The number of urea groups is 1. The van der Waals surface area contributed by atoms with Crippen LogP contribution in [0.2, 0.25) is 0 Å². The molecule has 0 radical (unpaired) electrons. The molecule has 0 aliphatic heterocycles. The number of furan rings is 1. The Morgan fingerprint density at radius 1 is 1.56 bits per heavy atom. The van der Waals surface area contributed by atoms with Gasteiger partial charge in [0, 0.05) is 23.5 Å². The van der Waals surface area contributed by atoms with E-state index < -0.39 is 0 Å². The lowest BCUT2D eigenvalue weighted by molar-refractivity contribution is 0.246. The normalized spacial score (nSPS) is 18.1. The molecule has 0 spiro atoms. The quantitative estimate of drug-likeness (QED) is 0.872. The zero-order chi connectivity index (χ0) is 12.4. The first kappa shape index (κ1) is 11.2. The third-order valence-corrected chi connectivity index (χ3v) is 3.54. The van der Waals surface area contributed by atoms with Gasteiger partial charge in [0.15, 0.2) is 0 Å². The average molecular weight is 264 g/mol. The summed E-state index contributed by atoms with van der Waals surface area (Å²) in [6.45, 7) is 0. The van der Waals surface area contributed by atoms with Crippen LogP contribution >= 0.6 is 11.5 Å². The summed E-state index contributed by atoms with van der Waals surface area (Å²) in [5.74, 6) is 0.978. The van der Waals surface area contributed by atoms with E-state index in [1.54, 1.807) is 6.26 Å². The Morgan fingerprint density at radius 3 is 3.33 bits per heavy atom. The number of amides is 2. The highest BCUT2D eigenvalue weighted by molar-refractivity contribution is 7.10. The van der Waals surface area contributed by atoms with Crippen LogP contribution in [0.5, 0.6) is 0 Å². The Hall–Kier alpha value is -1.89. The fourth-order valence-electron chi connectivity index (χ4n) is 2.16. The summed E-state index contributed by atoms with van der Waals surface area (Å²) >= 11 is 1.15. The van der Waals surface area contributed by atoms with Crippen LogP contribution in [0.1, 0.15) is 30.2 Å². The molecule has 2 N–H and O–H groups in total. The molecule has 0 fully saturated rings. The molecular formula is C11H12N4O2S. The molecule has 0 aromatic carbocycles. The van der Waals surface area contributed by atoms with Gasteiger partial charge in [0.2, 0.25) is 0 Å². The number of hydrogen-bond donors (Lipinski definition) is 2. The molecule has 1 unspecified atom stereocenters. The van der Waals surface area contributed by atoms with Crippen LogP contribution in [-0.2, 0) is 6.42 Å². The molecule has 1 aliphatic carbocycles. The minimum absolute atomic E-state index is 0.0216. The van der Waals surface area contributed by atoms with Crippen molar-refractivity contribution in [3.8, 4) is 0 Å². The van der Waals surface area contributed by atoms with Gasteiger partial charge in [-0.3, -0.25) is 5.32 Å². The average Bonchev–Trinajstić information content (AvgIpc) is 2.99. The summed E-state index contributed by atoms with van der Waals surface area (Å²) in [4.78, 5) is 11.8. The second-order valence-corrected chi connectivity index (χ2v) is 4.91. The van der Waals surface area contributed by atoms with Gasteiger partial charge in [0.1, 0.15) is 10.8 Å². The highest BCUT2D eigenvalue weighted by atomic mass is 32.1. The first-order chi connectivity index (χ1) is 8.83. The van der Waals surface area contributed by atoms with E-state index in [2.05, 4.69) is 20.2 Å². The predicted molar refractivity (Wildman–Crippen MR) is 66.5 cm³/mol. The van der Waals surface area contributed by atoms with Gasteiger partial charge >= 0.3 is 6.03 Å². The van der Waals surface area contributed by atoms with Crippen LogP contribution in [0, 0.1) is 0 Å². The summed E-state index contributed by atoms with van der Waals surface area (Å²) in [5, 5.41) is 9.94. The predicted octanol–water partition coefficient (Wildman–Crippen LogP) is 2.33. The van der Waals surface area contributed by atoms with Gasteiger partial charge < -0.3 is 9.73 Å². The van der Waals surface area contributed by atoms with Crippen molar-refractivity contribution in [1.29, 1.82) is 0 Å². The number of nitrogens with one attached hydrogen (secondary N) is 2. The van der Waals surface area contributed by atoms with Crippen LogP contribution in [0.4, 0.5) is 9.80 Å². The fourth-order valence-corrected chi connectivity index (χ4v) is 2.58. The second kappa shape index (κ2) is 4.77. The van der Waals surface area contributed by atoms with Gasteiger partial charge in [0.05, 0.1) is 18.5 Å². The SMILES string of the molecule is O=C(Nc1cnns1)NC1CCCc2occc21. The van der Waals surface area contributed by atoms with E-state index in [1.165, 1.54) is 6.20 Å². The number of aryl methyl sites for hydroxylation is 1. The number of nitrogens with zero attached hydrogens (tertiary/aromatic N) is 2. The largest absolute Gasteiger partial charge is 0.469 e. The van der Waals surface area contributed by atoms with Crippen molar-refractivity contribution in [1.82, 2.24) is 14.9 Å². The number of anilines is 1. The second-order valence-electron chi connectivity index (χ2n) is 4.12. The van der Waals surface area contributed by atoms with Crippen LogP contribution < -0.4 is 10.6 Å². The Morgan fingerprint density at radius 2 is 2.50 bits per heavy atom. The number of hydrogen-bond acceptors (Lipinski definition) is 5. The first-order valence-corrected chi connectivity index (χ1v) is 6.51. The van der Waals surface area contributed by atoms with E-state index in [4.69, 9.17) is 4.42 Å². The molecule has 1 atom stereocenters. The molecule has 2 amide bonds. The molecule has 3 rings (SSSR count). The van der Waals surface area contributed by atoms with Crippen molar-refractivity contribution >= 4 is 22.6 Å². The minimum Gasteiger partial charge on any atom is -0.469 e. The molecule has 2 aromatic heterocycles. The molecule has 0 saturated heterocycles. The van der Waals surface area contributed by atoms with Gasteiger partial charge in [-0.25, -0.2) is 4.79 Å². The summed E-state index contributed by atoms with van der Waals surface area (Å²) in [6, 6.07) is 1.71. The highest BCUT2D eigenvalue weighted by Gasteiger charge is 2.24. The van der Waals surface area contributed by atoms with Crippen LogP contribution in [0.25, 0.3) is 0 Å². The molecule has 7 heteroatoms. The molecule has 1 aliphatic rings. The number of fused-ring (bicyclic) bond motifs is 1. The monoisotopic (exact) mass is 264 g/mol. The zero-order valence-electron chi connectivity index (χ0n) is 9.55. The van der Waals surface area contributed by atoms with Gasteiger partial charge in [-0.15, -0.1) is 5.10 Å². The van der Waals surface area contributed by atoms with Crippen molar-refractivity contribution in [2.45, 2.75) is 25.3 Å². The van der Waals surface area contributed by atoms with Gasteiger partial charge in [-0.1, -0.05) is 4.49 Å². The van der Waals surface area contributed by atoms with E-state index in [1.807, 2.05) is 6.07 Å².